The zero-order valence-electron chi connectivity index (χ0n) is 13.9. The second kappa shape index (κ2) is 7.36. The maximum absolute atomic E-state index is 12.5. The first-order chi connectivity index (χ1) is 11.7. The Balaban J connectivity index is 1.69. The summed E-state index contributed by atoms with van der Waals surface area (Å²) in [6, 6.07) is 13.0. The van der Waals surface area contributed by atoms with Crippen molar-refractivity contribution >= 4 is 17.3 Å². The van der Waals surface area contributed by atoms with Crippen molar-refractivity contribution in [2.75, 3.05) is 31.2 Å². The number of carbonyl (C=O) groups excluding carboxylic acids is 1. The van der Waals surface area contributed by atoms with E-state index in [2.05, 4.69) is 16.3 Å². The Kier molecular flexibility index (Phi) is 5.01. The third-order valence-electron chi connectivity index (χ3n) is 4.28. The highest BCUT2D eigenvalue weighted by atomic mass is 16.5. The van der Waals surface area contributed by atoms with Gasteiger partial charge < -0.3 is 15.8 Å². The molecule has 1 saturated heterocycles. The molecule has 24 heavy (non-hydrogen) atoms. The molecule has 5 heteroatoms. The van der Waals surface area contributed by atoms with Gasteiger partial charge in [-0.2, -0.15) is 0 Å². The molecule has 1 amide bonds. The van der Waals surface area contributed by atoms with E-state index in [1.165, 1.54) is 18.4 Å². The normalized spacial score (nSPS) is 14.5. The van der Waals surface area contributed by atoms with E-state index in [1.54, 1.807) is 25.3 Å². The Morgan fingerprint density at radius 2 is 2.00 bits per heavy atom. The molecule has 0 aromatic heterocycles. The molecule has 0 atom stereocenters. The van der Waals surface area contributed by atoms with E-state index >= 15 is 0 Å². The Bertz CT molecular complexity index is 724. The summed E-state index contributed by atoms with van der Waals surface area (Å²) in [5.74, 6) is 0.462. The molecule has 1 fully saturated rings. The molecule has 0 spiro atoms. The lowest BCUT2D eigenvalue weighted by Crippen LogP contribution is -2.19. The number of anilines is 2. The number of likely N-dealkylation sites (tertiary alicyclic amines) is 1. The van der Waals surface area contributed by atoms with Crippen LogP contribution in [0.3, 0.4) is 0 Å². The molecule has 3 rings (SSSR count). The molecular weight excluding hydrogens is 302 g/mol. The summed E-state index contributed by atoms with van der Waals surface area (Å²) in [7, 11) is 1.57. The van der Waals surface area contributed by atoms with Crippen LogP contribution in [0.25, 0.3) is 0 Å². The number of methoxy groups -OCH3 is 1. The lowest BCUT2D eigenvalue weighted by atomic mass is 10.1. The monoisotopic (exact) mass is 325 g/mol. The molecule has 0 saturated carbocycles. The molecule has 126 valence electrons. The van der Waals surface area contributed by atoms with E-state index in [-0.39, 0.29) is 5.91 Å². The number of amides is 1. The standard InChI is InChI=1S/C19H23N3O2/c1-24-18-8-7-16(12-17(18)20)21-19(23)15-6-4-5-14(11-15)13-22-9-2-3-10-22/h4-8,11-12H,2-3,9-10,13,20H2,1H3,(H,21,23). The summed E-state index contributed by atoms with van der Waals surface area (Å²) >= 11 is 0. The first-order valence-electron chi connectivity index (χ1n) is 8.22. The summed E-state index contributed by atoms with van der Waals surface area (Å²) in [6.07, 6.45) is 2.53. The van der Waals surface area contributed by atoms with Gasteiger partial charge in [0.15, 0.2) is 0 Å². The van der Waals surface area contributed by atoms with Crippen molar-refractivity contribution in [2.24, 2.45) is 0 Å². The summed E-state index contributed by atoms with van der Waals surface area (Å²) < 4.78 is 5.13. The first-order valence-corrected chi connectivity index (χ1v) is 8.22. The SMILES string of the molecule is COc1ccc(NC(=O)c2cccc(CN3CCCC3)c2)cc1N. The molecular formula is C19H23N3O2. The van der Waals surface area contributed by atoms with Gasteiger partial charge in [-0.05, 0) is 61.8 Å². The predicted octanol–water partition coefficient (Wildman–Crippen LogP) is 3.13. The van der Waals surface area contributed by atoms with Crippen molar-refractivity contribution in [1.29, 1.82) is 0 Å². The minimum atomic E-state index is -0.136. The third-order valence-corrected chi connectivity index (χ3v) is 4.28. The fourth-order valence-electron chi connectivity index (χ4n) is 3.03. The third kappa shape index (κ3) is 3.86. The summed E-state index contributed by atoms with van der Waals surface area (Å²) in [5.41, 5.74) is 8.85. The Morgan fingerprint density at radius 3 is 2.71 bits per heavy atom. The van der Waals surface area contributed by atoms with E-state index in [0.717, 1.165) is 19.6 Å². The number of nitrogens with zero attached hydrogens (tertiary/aromatic N) is 1. The Labute approximate surface area is 142 Å². The van der Waals surface area contributed by atoms with Gasteiger partial charge in [-0.1, -0.05) is 12.1 Å². The lowest BCUT2D eigenvalue weighted by Gasteiger charge is -2.15. The average Bonchev–Trinajstić information content (AvgIpc) is 3.08. The van der Waals surface area contributed by atoms with Crippen LogP contribution in [0.15, 0.2) is 42.5 Å². The van der Waals surface area contributed by atoms with Gasteiger partial charge in [-0.25, -0.2) is 0 Å². The Hall–Kier alpha value is -2.53. The fraction of sp³-hybridized carbons (Fsp3) is 0.316. The number of ether oxygens (including phenoxy) is 1. The minimum Gasteiger partial charge on any atom is -0.495 e. The number of nitrogens with one attached hydrogen (secondary N) is 1. The lowest BCUT2D eigenvalue weighted by molar-refractivity contribution is 0.102. The molecule has 1 heterocycles. The highest BCUT2D eigenvalue weighted by Crippen LogP contribution is 2.25. The molecule has 0 aliphatic carbocycles. The van der Waals surface area contributed by atoms with Gasteiger partial charge in [0.1, 0.15) is 5.75 Å². The van der Waals surface area contributed by atoms with Crippen LogP contribution in [0.2, 0.25) is 0 Å². The van der Waals surface area contributed by atoms with Crippen LogP contribution in [0.5, 0.6) is 5.75 Å². The van der Waals surface area contributed by atoms with Gasteiger partial charge >= 0.3 is 0 Å². The number of hydrogen-bond donors (Lipinski definition) is 2. The average molecular weight is 325 g/mol. The largest absolute Gasteiger partial charge is 0.495 e. The van der Waals surface area contributed by atoms with Crippen LogP contribution in [0, 0.1) is 0 Å². The number of rotatable bonds is 5. The number of carbonyl (C=O) groups is 1. The summed E-state index contributed by atoms with van der Waals surface area (Å²) in [4.78, 5) is 14.9. The zero-order chi connectivity index (χ0) is 16.9. The highest BCUT2D eigenvalue weighted by molar-refractivity contribution is 6.04. The van der Waals surface area contributed by atoms with Crippen LogP contribution in [0.4, 0.5) is 11.4 Å². The van der Waals surface area contributed by atoms with Crippen LogP contribution in [-0.4, -0.2) is 31.0 Å². The molecule has 1 aliphatic rings. The van der Waals surface area contributed by atoms with Crippen LogP contribution in [0.1, 0.15) is 28.8 Å². The molecule has 2 aromatic rings. The Morgan fingerprint density at radius 1 is 1.21 bits per heavy atom. The maximum atomic E-state index is 12.5. The van der Waals surface area contributed by atoms with Crippen LogP contribution in [-0.2, 0) is 6.54 Å². The van der Waals surface area contributed by atoms with E-state index < -0.39 is 0 Å². The molecule has 1 aliphatic heterocycles. The quantitative estimate of drug-likeness (QED) is 0.829. The van der Waals surface area contributed by atoms with E-state index in [9.17, 15) is 4.79 Å². The zero-order valence-corrected chi connectivity index (χ0v) is 13.9. The van der Waals surface area contributed by atoms with E-state index in [1.807, 2.05) is 18.2 Å². The number of nitrogens with two attached hydrogens (primary N) is 1. The van der Waals surface area contributed by atoms with Gasteiger partial charge in [-0.15, -0.1) is 0 Å². The second-order valence-corrected chi connectivity index (χ2v) is 6.09. The highest BCUT2D eigenvalue weighted by Gasteiger charge is 2.13. The summed E-state index contributed by atoms with van der Waals surface area (Å²) in [5, 5.41) is 2.88. The van der Waals surface area contributed by atoms with Crippen molar-refractivity contribution in [3.63, 3.8) is 0 Å². The maximum Gasteiger partial charge on any atom is 0.255 e. The molecule has 0 radical (unpaired) electrons. The minimum absolute atomic E-state index is 0.136. The van der Waals surface area contributed by atoms with E-state index in [0.29, 0.717) is 22.7 Å². The number of nitrogen functional groups attached to an aromatic ring is 1. The van der Waals surface area contributed by atoms with Crippen LogP contribution < -0.4 is 15.8 Å². The molecule has 2 aromatic carbocycles. The number of hydrogen-bond acceptors (Lipinski definition) is 4. The van der Waals surface area contributed by atoms with Gasteiger partial charge in [-0.3, -0.25) is 9.69 Å². The van der Waals surface area contributed by atoms with Gasteiger partial charge in [0, 0.05) is 17.8 Å². The molecule has 3 N–H and O–H groups in total. The van der Waals surface area contributed by atoms with Crippen molar-refractivity contribution in [2.45, 2.75) is 19.4 Å². The topological polar surface area (TPSA) is 67.6 Å². The van der Waals surface area contributed by atoms with Gasteiger partial charge in [0.2, 0.25) is 0 Å². The summed E-state index contributed by atoms with van der Waals surface area (Å²) in [6.45, 7) is 3.18. The smallest absolute Gasteiger partial charge is 0.255 e. The van der Waals surface area contributed by atoms with Gasteiger partial charge in [0.05, 0.1) is 12.8 Å². The van der Waals surface area contributed by atoms with E-state index in [4.69, 9.17) is 10.5 Å². The second-order valence-electron chi connectivity index (χ2n) is 6.09. The van der Waals surface area contributed by atoms with Crippen molar-refractivity contribution in [3.05, 3.63) is 53.6 Å². The van der Waals surface area contributed by atoms with Crippen molar-refractivity contribution in [1.82, 2.24) is 4.90 Å². The predicted molar refractivity (Wildman–Crippen MR) is 96.3 cm³/mol. The van der Waals surface area contributed by atoms with Gasteiger partial charge in [0.25, 0.3) is 5.91 Å². The fourth-order valence-corrected chi connectivity index (χ4v) is 3.03. The molecule has 5 nitrogen and oxygen atoms in total. The van der Waals surface area contributed by atoms with Crippen molar-refractivity contribution in [3.8, 4) is 5.75 Å². The first kappa shape index (κ1) is 16.3. The number of benzene rings is 2. The van der Waals surface area contributed by atoms with Crippen molar-refractivity contribution < 1.29 is 9.53 Å². The molecule has 0 unspecified atom stereocenters. The molecule has 0 bridgehead atoms. The van der Waals surface area contributed by atoms with Crippen LogP contribution >= 0.6 is 0 Å².